The molecule has 1 atom stereocenters. The average Bonchev–Trinajstić information content (AvgIpc) is 2.83. The third-order valence-electron chi connectivity index (χ3n) is 4.66. The van der Waals surface area contributed by atoms with Crippen LogP contribution >= 0.6 is 0 Å². The molecular weight excluding hydrogens is 420 g/mol. The molecule has 2 rings (SSSR count). The van der Waals surface area contributed by atoms with E-state index in [1.54, 1.807) is 24.3 Å². The zero-order valence-electron chi connectivity index (χ0n) is 19.7. The molecule has 0 aliphatic rings. The Bertz CT molecular complexity index is 981. The first kappa shape index (κ1) is 25.6. The van der Waals surface area contributed by atoms with Gasteiger partial charge in [-0.25, -0.2) is 0 Å². The molecule has 0 saturated carbocycles. The van der Waals surface area contributed by atoms with Gasteiger partial charge in [0, 0.05) is 6.08 Å². The van der Waals surface area contributed by atoms with Crippen LogP contribution in [0, 0.1) is 11.3 Å². The molecule has 0 spiro atoms. The van der Waals surface area contributed by atoms with Gasteiger partial charge in [0.25, 0.3) is 0 Å². The number of hydrogen-bond acceptors (Lipinski definition) is 6. The number of nitriles is 1. The Labute approximate surface area is 195 Å². The lowest BCUT2D eigenvalue weighted by Crippen LogP contribution is -2.24. The third-order valence-corrected chi connectivity index (χ3v) is 4.66. The minimum absolute atomic E-state index is 0.0667. The van der Waals surface area contributed by atoms with E-state index in [1.807, 2.05) is 38.1 Å². The Morgan fingerprint density at radius 3 is 2.33 bits per heavy atom. The van der Waals surface area contributed by atoms with E-state index in [4.69, 9.17) is 24.2 Å². The lowest BCUT2D eigenvalue weighted by molar-refractivity contribution is -0.117. The molecule has 0 fully saturated rings. The second-order valence-electron chi connectivity index (χ2n) is 7.32. The van der Waals surface area contributed by atoms with Crippen LogP contribution < -0.4 is 24.3 Å². The molecule has 33 heavy (non-hydrogen) atoms. The van der Waals surface area contributed by atoms with Gasteiger partial charge in [-0.15, -0.1) is 0 Å². The van der Waals surface area contributed by atoms with Crippen LogP contribution in [-0.2, 0) is 4.79 Å². The number of carbonyl (C=O) groups is 1. The highest BCUT2D eigenvalue weighted by molar-refractivity contribution is 5.92. The van der Waals surface area contributed by atoms with Crippen molar-refractivity contribution in [1.29, 1.82) is 5.26 Å². The van der Waals surface area contributed by atoms with Gasteiger partial charge in [-0.05, 0) is 61.2 Å². The summed E-state index contributed by atoms with van der Waals surface area (Å²) in [7, 11) is 1.52. The van der Waals surface area contributed by atoms with E-state index in [2.05, 4.69) is 12.2 Å². The number of ether oxygens (including phenoxy) is 4. The van der Waals surface area contributed by atoms with Crippen LogP contribution in [0.25, 0.3) is 6.08 Å². The molecule has 1 N–H and O–H groups in total. The maximum atomic E-state index is 12.5. The van der Waals surface area contributed by atoms with Crippen LogP contribution in [0.2, 0.25) is 0 Å². The van der Waals surface area contributed by atoms with Gasteiger partial charge in [-0.2, -0.15) is 5.26 Å². The first-order valence-corrected chi connectivity index (χ1v) is 11.1. The van der Waals surface area contributed by atoms with Crippen LogP contribution in [0.3, 0.4) is 0 Å². The summed E-state index contributed by atoms with van der Waals surface area (Å²) in [5, 5.41) is 11.6. The third kappa shape index (κ3) is 8.08. The molecule has 7 nitrogen and oxygen atoms in total. The maximum Gasteiger partial charge on any atom is 0.244 e. The average molecular weight is 453 g/mol. The number of nitrogens with one attached hydrogen (secondary N) is 1. The predicted octanol–water partition coefficient (Wildman–Crippen LogP) is 5.07. The second kappa shape index (κ2) is 13.7. The molecule has 0 bridgehead atoms. The second-order valence-corrected chi connectivity index (χ2v) is 7.32. The van der Waals surface area contributed by atoms with Crippen LogP contribution in [0.15, 0.2) is 42.5 Å². The molecule has 0 radical (unpaired) electrons. The number of amides is 1. The molecule has 0 aromatic heterocycles. The highest BCUT2D eigenvalue weighted by Crippen LogP contribution is 2.31. The van der Waals surface area contributed by atoms with Crippen molar-refractivity contribution in [2.24, 2.45) is 0 Å². The van der Waals surface area contributed by atoms with E-state index in [1.165, 1.54) is 13.2 Å². The molecule has 0 aliphatic carbocycles. The number of rotatable bonds is 13. The Kier molecular flexibility index (Phi) is 10.6. The van der Waals surface area contributed by atoms with Crippen molar-refractivity contribution < 1.29 is 23.7 Å². The summed E-state index contributed by atoms with van der Waals surface area (Å²) in [6.07, 6.45) is 4.96. The number of nitrogens with zero attached hydrogens (tertiary/aromatic N) is 1. The van der Waals surface area contributed by atoms with Gasteiger partial charge >= 0.3 is 0 Å². The zero-order valence-corrected chi connectivity index (χ0v) is 19.7. The molecule has 7 heteroatoms. The molecule has 1 unspecified atom stereocenters. The monoisotopic (exact) mass is 452 g/mol. The van der Waals surface area contributed by atoms with E-state index in [0.717, 1.165) is 24.0 Å². The standard InChI is InChI=1S/C26H32N2O5/c1-5-14-31-23-11-9-21(18-25(23)32-15-6-2)19(3)28-26(29)12-8-20-7-10-22(33-16-13-27)24(17-20)30-4/h7-12,17-19H,5-6,14-16H2,1-4H3,(H,28,29)/b12-8+. The normalized spacial score (nSPS) is 11.5. The molecule has 1 amide bonds. The van der Waals surface area contributed by atoms with Crippen molar-refractivity contribution >= 4 is 12.0 Å². The fourth-order valence-corrected chi connectivity index (χ4v) is 2.98. The molecule has 2 aromatic rings. The highest BCUT2D eigenvalue weighted by atomic mass is 16.5. The van der Waals surface area contributed by atoms with Crippen molar-refractivity contribution in [3.05, 3.63) is 53.6 Å². The summed E-state index contributed by atoms with van der Waals surface area (Å²) in [6, 6.07) is 12.7. The van der Waals surface area contributed by atoms with E-state index in [-0.39, 0.29) is 18.6 Å². The number of hydrogen-bond donors (Lipinski definition) is 1. The van der Waals surface area contributed by atoms with Crippen LogP contribution in [0.1, 0.15) is 50.8 Å². The lowest BCUT2D eigenvalue weighted by Gasteiger charge is -2.17. The molecule has 0 heterocycles. The maximum absolute atomic E-state index is 12.5. The smallest absolute Gasteiger partial charge is 0.244 e. The van der Waals surface area contributed by atoms with E-state index >= 15 is 0 Å². The SMILES string of the molecule is CCCOc1ccc(C(C)NC(=O)/C=C/c2ccc(OCC#N)c(OC)c2)cc1OCCC. The zero-order chi connectivity index (χ0) is 24.1. The summed E-state index contributed by atoms with van der Waals surface area (Å²) < 4.78 is 22.2. The molecule has 0 saturated heterocycles. The number of benzene rings is 2. The van der Waals surface area contributed by atoms with Crippen molar-refractivity contribution in [2.45, 2.75) is 39.7 Å². The lowest BCUT2D eigenvalue weighted by atomic mass is 10.1. The van der Waals surface area contributed by atoms with Crippen molar-refractivity contribution in [1.82, 2.24) is 5.32 Å². The van der Waals surface area contributed by atoms with Crippen molar-refractivity contribution in [2.75, 3.05) is 26.9 Å². The van der Waals surface area contributed by atoms with Crippen molar-refractivity contribution in [3.8, 4) is 29.1 Å². The Balaban J connectivity index is 2.06. The number of carbonyl (C=O) groups excluding carboxylic acids is 1. The molecule has 176 valence electrons. The Morgan fingerprint density at radius 1 is 1.00 bits per heavy atom. The summed E-state index contributed by atoms with van der Waals surface area (Å²) >= 11 is 0. The van der Waals surface area contributed by atoms with Crippen LogP contribution in [-0.4, -0.2) is 32.8 Å². The summed E-state index contributed by atoms with van der Waals surface area (Å²) in [5.41, 5.74) is 1.69. The summed E-state index contributed by atoms with van der Waals surface area (Å²) in [4.78, 5) is 12.5. The van der Waals surface area contributed by atoms with Gasteiger partial charge in [-0.1, -0.05) is 26.0 Å². The van der Waals surface area contributed by atoms with Gasteiger partial charge in [-0.3, -0.25) is 4.79 Å². The fourth-order valence-electron chi connectivity index (χ4n) is 2.98. The van der Waals surface area contributed by atoms with Gasteiger partial charge < -0.3 is 24.3 Å². The van der Waals surface area contributed by atoms with Crippen LogP contribution in [0.4, 0.5) is 0 Å². The predicted molar refractivity (Wildman–Crippen MR) is 128 cm³/mol. The van der Waals surface area contributed by atoms with Crippen molar-refractivity contribution in [3.63, 3.8) is 0 Å². The largest absolute Gasteiger partial charge is 0.493 e. The van der Waals surface area contributed by atoms with Gasteiger partial charge in [0.2, 0.25) is 5.91 Å². The minimum Gasteiger partial charge on any atom is -0.493 e. The first-order chi connectivity index (χ1) is 16.0. The molecule has 0 aliphatic heterocycles. The van der Waals surface area contributed by atoms with E-state index < -0.39 is 0 Å². The topological polar surface area (TPSA) is 89.8 Å². The van der Waals surface area contributed by atoms with E-state index in [0.29, 0.717) is 36.2 Å². The Morgan fingerprint density at radius 2 is 1.67 bits per heavy atom. The fraction of sp³-hybridized carbons (Fsp3) is 0.385. The summed E-state index contributed by atoms with van der Waals surface area (Å²) in [5.74, 6) is 2.13. The minimum atomic E-state index is -0.228. The van der Waals surface area contributed by atoms with Gasteiger partial charge in [0.1, 0.15) is 6.07 Å². The van der Waals surface area contributed by atoms with E-state index in [9.17, 15) is 4.79 Å². The summed E-state index contributed by atoms with van der Waals surface area (Å²) in [6.45, 7) is 7.17. The Hall–Kier alpha value is -3.66. The molecular formula is C26H32N2O5. The van der Waals surface area contributed by atoms with Gasteiger partial charge in [0.05, 0.1) is 26.4 Å². The number of methoxy groups -OCH3 is 1. The highest BCUT2D eigenvalue weighted by Gasteiger charge is 2.13. The first-order valence-electron chi connectivity index (χ1n) is 11.1. The van der Waals surface area contributed by atoms with Gasteiger partial charge in [0.15, 0.2) is 29.6 Å². The van der Waals surface area contributed by atoms with Crippen LogP contribution in [0.5, 0.6) is 23.0 Å². The quantitative estimate of drug-likeness (QED) is 0.427. The molecule has 2 aromatic carbocycles.